The van der Waals surface area contributed by atoms with Crippen molar-refractivity contribution in [2.24, 2.45) is 5.84 Å². The molecule has 1 heterocycles. The molecule has 1 atom stereocenters. The second kappa shape index (κ2) is 6.78. The van der Waals surface area contributed by atoms with Crippen molar-refractivity contribution in [1.82, 2.24) is 20.2 Å². The molecule has 0 saturated carbocycles. The number of nitrogens with two attached hydrogens (primary N) is 1. The molecule has 5 nitrogen and oxygen atoms in total. The minimum Gasteiger partial charge on any atom is -0.271 e. The smallest absolute Gasteiger partial charge is 0.142 e. The normalized spacial score (nSPS) is 12.6. The fraction of sp³-hybridized carbons (Fsp3) is 0.385. The second-order valence-corrected chi connectivity index (χ2v) is 4.90. The summed E-state index contributed by atoms with van der Waals surface area (Å²) in [6.45, 7) is 2.86. The van der Waals surface area contributed by atoms with Gasteiger partial charge in [-0.05, 0) is 24.1 Å². The summed E-state index contributed by atoms with van der Waals surface area (Å²) in [5.74, 6) is 5.92. The molecular formula is C13H17ClFN5. The fourth-order valence-electron chi connectivity index (χ4n) is 2.03. The highest BCUT2D eigenvalue weighted by Crippen LogP contribution is 2.22. The van der Waals surface area contributed by atoms with E-state index in [9.17, 15) is 4.39 Å². The SMILES string of the molecule is CCCn1ncnc1CC(NN)c1ccc(Cl)c(F)c1. The van der Waals surface area contributed by atoms with Crippen LogP contribution in [0.5, 0.6) is 0 Å². The maximum Gasteiger partial charge on any atom is 0.142 e. The van der Waals surface area contributed by atoms with Gasteiger partial charge in [0.2, 0.25) is 0 Å². The maximum absolute atomic E-state index is 13.5. The van der Waals surface area contributed by atoms with Gasteiger partial charge >= 0.3 is 0 Å². The van der Waals surface area contributed by atoms with Crippen LogP contribution in [-0.4, -0.2) is 14.8 Å². The zero-order chi connectivity index (χ0) is 14.5. The van der Waals surface area contributed by atoms with Gasteiger partial charge in [-0.2, -0.15) is 5.10 Å². The Hall–Kier alpha value is -1.50. The van der Waals surface area contributed by atoms with Crippen molar-refractivity contribution in [2.45, 2.75) is 32.4 Å². The van der Waals surface area contributed by atoms with Crippen LogP contribution in [0.1, 0.15) is 30.8 Å². The van der Waals surface area contributed by atoms with Crippen molar-refractivity contribution in [2.75, 3.05) is 0 Å². The Morgan fingerprint density at radius 1 is 1.50 bits per heavy atom. The summed E-state index contributed by atoms with van der Waals surface area (Å²) in [6, 6.07) is 4.40. The molecule has 1 unspecified atom stereocenters. The standard InChI is InChI=1S/C13H17ClFN5/c1-2-5-20-13(17-8-18-20)7-12(19-16)9-3-4-10(14)11(15)6-9/h3-4,6,8,12,19H,2,5,7,16H2,1H3. The molecule has 0 aliphatic rings. The number of hydrazine groups is 1. The Kier molecular flexibility index (Phi) is 5.05. The maximum atomic E-state index is 13.5. The average Bonchev–Trinajstić information content (AvgIpc) is 2.87. The molecule has 0 aliphatic carbocycles. The molecule has 7 heteroatoms. The Balaban J connectivity index is 2.19. The second-order valence-electron chi connectivity index (χ2n) is 4.50. The van der Waals surface area contributed by atoms with Crippen molar-refractivity contribution in [1.29, 1.82) is 0 Å². The number of aromatic nitrogens is 3. The minimum absolute atomic E-state index is 0.0960. The first-order valence-corrected chi connectivity index (χ1v) is 6.81. The van der Waals surface area contributed by atoms with Crippen LogP contribution < -0.4 is 11.3 Å². The van der Waals surface area contributed by atoms with Crippen LogP contribution in [0.15, 0.2) is 24.5 Å². The van der Waals surface area contributed by atoms with Gasteiger partial charge in [-0.15, -0.1) is 0 Å². The van der Waals surface area contributed by atoms with Crippen molar-refractivity contribution < 1.29 is 4.39 Å². The third-order valence-corrected chi connectivity index (χ3v) is 3.37. The minimum atomic E-state index is -0.459. The first-order valence-electron chi connectivity index (χ1n) is 6.43. The van der Waals surface area contributed by atoms with Crippen LogP contribution in [0.4, 0.5) is 4.39 Å². The Morgan fingerprint density at radius 3 is 2.95 bits per heavy atom. The summed E-state index contributed by atoms with van der Waals surface area (Å²) in [4.78, 5) is 4.22. The number of hydrogen-bond acceptors (Lipinski definition) is 4. The Labute approximate surface area is 121 Å². The molecule has 1 aromatic heterocycles. The zero-order valence-electron chi connectivity index (χ0n) is 11.2. The number of halogens is 2. The molecule has 0 radical (unpaired) electrons. The van der Waals surface area contributed by atoms with Crippen molar-refractivity contribution in [3.05, 3.63) is 46.8 Å². The summed E-state index contributed by atoms with van der Waals surface area (Å²) < 4.78 is 15.4. The third kappa shape index (κ3) is 3.33. The lowest BCUT2D eigenvalue weighted by molar-refractivity contribution is 0.496. The average molecular weight is 298 g/mol. The molecule has 0 bridgehead atoms. The van der Waals surface area contributed by atoms with Gasteiger partial charge in [-0.1, -0.05) is 24.6 Å². The Morgan fingerprint density at radius 2 is 2.30 bits per heavy atom. The number of nitrogens with one attached hydrogen (secondary N) is 1. The van der Waals surface area contributed by atoms with E-state index in [0.717, 1.165) is 24.4 Å². The van der Waals surface area contributed by atoms with Crippen LogP contribution in [0, 0.1) is 5.82 Å². The lowest BCUT2D eigenvalue weighted by atomic mass is 10.0. The van der Waals surface area contributed by atoms with Crippen LogP contribution >= 0.6 is 11.6 Å². The predicted molar refractivity (Wildman–Crippen MR) is 75.5 cm³/mol. The molecule has 0 amide bonds. The Bertz CT molecular complexity index is 572. The first kappa shape index (κ1) is 14.9. The van der Waals surface area contributed by atoms with Crippen molar-refractivity contribution >= 4 is 11.6 Å². The van der Waals surface area contributed by atoms with Gasteiger partial charge in [-0.25, -0.2) is 9.37 Å². The number of hydrogen-bond donors (Lipinski definition) is 2. The van der Waals surface area contributed by atoms with Gasteiger partial charge in [0.25, 0.3) is 0 Å². The lowest BCUT2D eigenvalue weighted by Crippen LogP contribution is -2.30. The molecule has 20 heavy (non-hydrogen) atoms. The van der Waals surface area contributed by atoms with Crippen molar-refractivity contribution in [3.63, 3.8) is 0 Å². The quantitative estimate of drug-likeness (QED) is 0.634. The van der Waals surface area contributed by atoms with Crippen LogP contribution in [0.3, 0.4) is 0 Å². The topological polar surface area (TPSA) is 68.8 Å². The third-order valence-electron chi connectivity index (χ3n) is 3.07. The van der Waals surface area contributed by atoms with E-state index in [4.69, 9.17) is 17.4 Å². The summed E-state index contributed by atoms with van der Waals surface area (Å²) in [5, 5.41) is 4.26. The van der Waals surface area contributed by atoms with Gasteiger partial charge in [0, 0.05) is 13.0 Å². The van der Waals surface area contributed by atoms with Crippen LogP contribution in [-0.2, 0) is 13.0 Å². The summed E-state index contributed by atoms with van der Waals surface area (Å²) in [7, 11) is 0. The van der Waals surface area contributed by atoms with E-state index >= 15 is 0 Å². The molecule has 2 aromatic rings. The lowest BCUT2D eigenvalue weighted by Gasteiger charge is -2.16. The molecule has 0 spiro atoms. The monoisotopic (exact) mass is 297 g/mol. The molecule has 3 N–H and O–H groups in total. The molecule has 0 fully saturated rings. The van der Waals surface area contributed by atoms with E-state index in [2.05, 4.69) is 22.4 Å². The van der Waals surface area contributed by atoms with E-state index in [1.54, 1.807) is 6.07 Å². The highest BCUT2D eigenvalue weighted by molar-refractivity contribution is 6.30. The number of rotatable bonds is 6. The highest BCUT2D eigenvalue weighted by Gasteiger charge is 2.16. The van der Waals surface area contributed by atoms with E-state index in [-0.39, 0.29) is 11.1 Å². The van der Waals surface area contributed by atoms with E-state index in [0.29, 0.717) is 6.42 Å². The van der Waals surface area contributed by atoms with Crippen molar-refractivity contribution in [3.8, 4) is 0 Å². The summed E-state index contributed by atoms with van der Waals surface area (Å²) >= 11 is 5.68. The van der Waals surface area contributed by atoms with E-state index in [1.165, 1.54) is 18.5 Å². The summed E-state index contributed by atoms with van der Waals surface area (Å²) in [6.07, 6.45) is 3.01. The number of aryl methyl sites for hydroxylation is 1. The van der Waals surface area contributed by atoms with E-state index in [1.807, 2.05) is 4.68 Å². The van der Waals surface area contributed by atoms with Gasteiger partial charge in [-0.3, -0.25) is 16.0 Å². The summed E-state index contributed by atoms with van der Waals surface area (Å²) in [5.41, 5.74) is 3.40. The number of benzene rings is 1. The molecule has 0 saturated heterocycles. The molecule has 108 valence electrons. The fourth-order valence-corrected chi connectivity index (χ4v) is 2.15. The molecular weight excluding hydrogens is 281 g/mol. The van der Waals surface area contributed by atoms with Crippen LogP contribution in [0.2, 0.25) is 5.02 Å². The van der Waals surface area contributed by atoms with Gasteiger partial charge < -0.3 is 0 Å². The van der Waals surface area contributed by atoms with E-state index < -0.39 is 5.82 Å². The van der Waals surface area contributed by atoms with Gasteiger partial charge in [0.05, 0.1) is 11.1 Å². The highest BCUT2D eigenvalue weighted by atomic mass is 35.5. The first-order chi connectivity index (χ1) is 9.65. The van der Waals surface area contributed by atoms with Gasteiger partial charge in [0.15, 0.2) is 0 Å². The predicted octanol–water partition coefficient (Wildman–Crippen LogP) is 2.23. The zero-order valence-corrected chi connectivity index (χ0v) is 11.9. The molecule has 0 aliphatic heterocycles. The number of nitrogens with zero attached hydrogens (tertiary/aromatic N) is 3. The largest absolute Gasteiger partial charge is 0.271 e. The van der Waals surface area contributed by atoms with Gasteiger partial charge in [0.1, 0.15) is 18.0 Å². The molecule has 2 rings (SSSR count). The molecule has 1 aromatic carbocycles. The van der Waals surface area contributed by atoms with Crippen LogP contribution in [0.25, 0.3) is 0 Å².